The Labute approximate surface area is 175 Å². The van der Waals surface area contributed by atoms with Gasteiger partial charge >= 0.3 is 0 Å². The van der Waals surface area contributed by atoms with Gasteiger partial charge in [-0.05, 0) is 24.3 Å². The van der Waals surface area contributed by atoms with Gasteiger partial charge in [0.05, 0.1) is 24.8 Å². The second-order valence-electron chi connectivity index (χ2n) is 6.22. The van der Waals surface area contributed by atoms with Crippen LogP contribution in [0.4, 0.5) is 0 Å². The Kier molecular flexibility index (Phi) is 8.36. The van der Waals surface area contributed by atoms with Crippen LogP contribution in [-0.4, -0.2) is 57.3 Å². The van der Waals surface area contributed by atoms with E-state index in [9.17, 15) is 0 Å². The molecule has 0 radical (unpaired) electrons. The minimum atomic E-state index is -0.395. The molecule has 1 heterocycles. The zero-order valence-corrected chi connectivity index (χ0v) is 16.9. The molecule has 0 fully saturated rings. The van der Waals surface area contributed by atoms with Gasteiger partial charge in [0, 0.05) is 0 Å². The van der Waals surface area contributed by atoms with Crippen LogP contribution in [0.3, 0.4) is 0 Å². The van der Waals surface area contributed by atoms with E-state index in [4.69, 9.17) is 46.4 Å². The van der Waals surface area contributed by atoms with Gasteiger partial charge in [-0.3, -0.25) is 0 Å². The van der Waals surface area contributed by atoms with Gasteiger partial charge in [-0.15, -0.1) is 0 Å². The van der Waals surface area contributed by atoms with Crippen LogP contribution >= 0.6 is 12.2 Å². The number of hydrogen-bond donors (Lipinski definition) is 1. The molecule has 0 amide bonds. The Hall–Kier alpha value is -2.55. The summed E-state index contributed by atoms with van der Waals surface area (Å²) in [4.78, 5) is 0.268. The number of hydrogen-bond acceptors (Lipinski definition) is 7. The van der Waals surface area contributed by atoms with Crippen molar-refractivity contribution >= 4 is 17.2 Å². The second-order valence-corrected chi connectivity index (χ2v) is 6.75. The van der Waals surface area contributed by atoms with Crippen molar-refractivity contribution in [3.05, 3.63) is 48.5 Å². The molecular formula is C21H25NO6S. The molecule has 2 aromatic carbocycles. The van der Waals surface area contributed by atoms with Crippen molar-refractivity contribution < 1.29 is 28.4 Å². The Balaban J connectivity index is 1.74. The van der Waals surface area contributed by atoms with Gasteiger partial charge in [0.2, 0.25) is 0 Å². The van der Waals surface area contributed by atoms with E-state index in [1.54, 1.807) is 0 Å². The zero-order valence-electron chi connectivity index (χ0n) is 16.1. The van der Waals surface area contributed by atoms with Gasteiger partial charge in [-0.25, -0.2) is 0 Å². The van der Waals surface area contributed by atoms with E-state index in [-0.39, 0.29) is 24.8 Å². The summed E-state index contributed by atoms with van der Waals surface area (Å²) in [6.45, 7) is 2.30. The number of para-hydroxylation sites is 4. The lowest BCUT2D eigenvalue weighted by Crippen LogP contribution is -2.32. The summed E-state index contributed by atoms with van der Waals surface area (Å²) in [5.74, 6) is 2.51. The minimum Gasteiger partial charge on any atom is -0.487 e. The maximum absolute atomic E-state index is 5.94. The van der Waals surface area contributed by atoms with Crippen LogP contribution in [-0.2, 0) is 9.47 Å². The number of rotatable bonds is 3. The molecule has 0 spiro atoms. The number of ether oxygens (including phenoxy) is 6. The fraction of sp³-hybridized carbons (Fsp3) is 0.381. The molecule has 0 aliphatic carbocycles. The highest BCUT2D eigenvalue weighted by Crippen LogP contribution is 2.28. The Morgan fingerprint density at radius 1 is 0.793 bits per heavy atom. The number of benzene rings is 2. The van der Waals surface area contributed by atoms with E-state index in [1.807, 2.05) is 48.5 Å². The van der Waals surface area contributed by atoms with E-state index in [2.05, 4.69) is 0 Å². The first-order valence-corrected chi connectivity index (χ1v) is 9.80. The largest absolute Gasteiger partial charge is 0.487 e. The molecule has 0 saturated heterocycles. The molecule has 2 aromatic rings. The van der Waals surface area contributed by atoms with Crippen LogP contribution in [0.2, 0.25) is 0 Å². The van der Waals surface area contributed by atoms with E-state index in [0.29, 0.717) is 49.4 Å². The Bertz CT molecular complexity index is 732. The lowest BCUT2D eigenvalue weighted by molar-refractivity contribution is 0.00842. The highest BCUT2D eigenvalue weighted by atomic mass is 32.1. The highest BCUT2D eigenvalue weighted by molar-refractivity contribution is 7.80. The van der Waals surface area contributed by atoms with E-state index in [0.717, 1.165) is 0 Å². The van der Waals surface area contributed by atoms with Crippen LogP contribution in [0.5, 0.6) is 23.0 Å². The summed E-state index contributed by atoms with van der Waals surface area (Å²) in [6.07, 6.45) is -0.395. The molecule has 7 nitrogen and oxygen atoms in total. The third-order valence-corrected chi connectivity index (χ3v) is 4.10. The first-order valence-electron chi connectivity index (χ1n) is 9.39. The molecule has 29 heavy (non-hydrogen) atoms. The smallest absolute Gasteiger partial charge is 0.161 e. The van der Waals surface area contributed by atoms with Crippen molar-refractivity contribution in [2.75, 3.05) is 46.2 Å². The molecule has 156 valence electrons. The second kappa shape index (κ2) is 11.5. The quantitative estimate of drug-likeness (QED) is 0.761. The molecule has 0 unspecified atom stereocenters. The Morgan fingerprint density at radius 2 is 1.24 bits per heavy atom. The van der Waals surface area contributed by atoms with Crippen LogP contribution in [0, 0.1) is 0 Å². The molecule has 3 rings (SSSR count). The molecule has 0 atom stereocenters. The normalized spacial score (nSPS) is 16.1. The molecule has 1 aliphatic heterocycles. The predicted octanol–water partition coefficient (Wildman–Crippen LogP) is 2.60. The molecule has 0 saturated carbocycles. The van der Waals surface area contributed by atoms with Gasteiger partial charge in [0.15, 0.2) is 23.0 Å². The summed E-state index contributed by atoms with van der Waals surface area (Å²) >= 11 is 4.92. The molecule has 0 aromatic heterocycles. The third-order valence-electron chi connectivity index (χ3n) is 3.98. The lowest BCUT2D eigenvalue weighted by atomic mass is 10.3. The third kappa shape index (κ3) is 7.08. The summed E-state index contributed by atoms with van der Waals surface area (Å²) in [6, 6.07) is 14.9. The molecule has 1 aliphatic rings. The van der Waals surface area contributed by atoms with Crippen molar-refractivity contribution in [1.82, 2.24) is 0 Å². The summed E-state index contributed by atoms with van der Waals surface area (Å²) < 4.78 is 34.7. The topological polar surface area (TPSA) is 81.4 Å². The van der Waals surface area contributed by atoms with Gasteiger partial charge in [-0.1, -0.05) is 36.5 Å². The highest BCUT2D eigenvalue weighted by Gasteiger charge is 2.16. The standard InChI is InChI=1S/C21H25NO6S/c22-21(29)15-26-16-13-27-19-7-3-1-5-17(19)24-11-9-23-10-12-25-18-6-2-4-8-20(18)28-14-16/h1-8,16H,9-15H2,(H2,22,29). The van der Waals surface area contributed by atoms with Gasteiger partial charge in [0.25, 0.3) is 0 Å². The van der Waals surface area contributed by atoms with E-state index in [1.165, 1.54) is 0 Å². The fourth-order valence-electron chi connectivity index (χ4n) is 2.61. The maximum Gasteiger partial charge on any atom is 0.161 e. The first-order chi connectivity index (χ1) is 14.2. The average Bonchev–Trinajstić information content (AvgIpc) is 2.73. The number of fused-ring (bicyclic) bond motifs is 2. The lowest BCUT2D eigenvalue weighted by Gasteiger charge is -2.21. The molecule has 2 N–H and O–H groups in total. The monoisotopic (exact) mass is 419 g/mol. The van der Waals surface area contributed by atoms with E-state index >= 15 is 0 Å². The summed E-state index contributed by atoms with van der Waals surface area (Å²) in [5.41, 5.74) is 5.58. The fourth-order valence-corrected chi connectivity index (χ4v) is 2.68. The first kappa shape index (κ1) is 21.2. The maximum atomic E-state index is 5.94. The van der Waals surface area contributed by atoms with Crippen molar-refractivity contribution in [3.8, 4) is 23.0 Å². The number of nitrogens with two attached hydrogens (primary N) is 1. The summed E-state index contributed by atoms with van der Waals surface area (Å²) in [5, 5.41) is 0. The van der Waals surface area contributed by atoms with E-state index < -0.39 is 6.10 Å². The van der Waals surface area contributed by atoms with Gasteiger partial charge in [0.1, 0.15) is 32.5 Å². The van der Waals surface area contributed by atoms with Crippen LogP contribution in [0.1, 0.15) is 0 Å². The van der Waals surface area contributed by atoms with Crippen molar-refractivity contribution in [3.63, 3.8) is 0 Å². The molecular weight excluding hydrogens is 394 g/mol. The van der Waals surface area contributed by atoms with Crippen LogP contribution < -0.4 is 24.7 Å². The molecule has 0 bridgehead atoms. The number of thiocarbonyl (C=S) groups is 1. The Morgan fingerprint density at radius 3 is 1.69 bits per heavy atom. The molecule has 8 heteroatoms. The zero-order chi connectivity index (χ0) is 20.3. The SMILES string of the molecule is NC(=S)COC1COc2ccccc2OCCOCCOc2ccccc2OC1. The average molecular weight is 419 g/mol. The van der Waals surface area contributed by atoms with Crippen molar-refractivity contribution in [1.29, 1.82) is 0 Å². The predicted molar refractivity (Wildman–Crippen MR) is 112 cm³/mol. The van der Waals surface area contributed by atoms with Gasteiger partial charge in [-0.2, -0.15) is 0 Å². The van der Waals surface area contributed by atoms with Gasteiger partial charge < -0.3 is 34.2 Å². The van der Waals surface area contributed by atoms with Crippen molar-refractivity contribution in [2.45, 2.75) is 6.10 Å². The van der Waals surface area contributed by atoms with Crippen LogP contribution in [0.15, 0.2) is 48.5 Å². The van der Waals surface area contributed by atoms with Crippen molar-refractivity contribution in [2.24, 2.45) is 5.73 Å². The minimum absolute atomic E-state index is 0.139. The summed E-state index contributed by atoms with van der Waals surface area (Å²) in [7, 11) is 0. The van der Waals surface area contributed by atoms with Crippen LogP contribution in [0.25, 0.3) is 0 Å².